The van der Waals surface area contributed by atoms with Gasteiger partial charge in [-0.2, -0.15) is 0 Å². The van der Waals surface area contributed by atoms with E-state index in [2.05, 4.69) is 6.92 Å². The fourth-order valence-corrected chi connectivity index (χ4v) is 3.46. The molecule has 144 valence electrons. The lowest BCUT2D eigenvalue weighted by atomic mass is 10.0. The van der Waals surface area contributed by atoms with Gasteiger partial charge in [0.1, 0.15) is 6.10 Å². The van der Waals surface area contributed by atoms with E-state index < -0.39 is 5.79 Å². The smallest absolute Gasteiger partial charge is 0.163 e. The highest BCUT2D eigenvalue weighted by Gasteiger charge is 2.36. The van der Waals surface area contributed by atoms with Crippen LogP contribution >= 0.6 is 0 Å². The first-order chi connectivity index (χ1) is 11.5. The zero-order valence-corrected chi connectivity index (χ0v) is 16.5. The average Bonchev–Trinajstić information content (AvgIpc) is 2.92. The maximum Gasteiger partial charge on any atom is 0.163 e. The van der Waals surface area contributed by atoms with Gasteiger partial charge in [0.15, 0.2) is 5.79 Å². The molecular weight excluding hydrogens is 300 g/mol. The first-order valence-corrected chi connectivity index (χ1v) is 10.5. The van der Waals surface area contributed by atoms with Crippen LogP contribution in [0.1, 0.15) is 111 Å². The highest BCUT2D eigenvalue weighted by molar-refractivity contribution is 4.77. The maximum atomic E-state index is 10.2. The minimum atomic E-state index is -0.526. The Labute approximate surface area is 150 Å². The van der Waals surface area contributed by atoms with Crippen molar-refractivity contribution in [2.45, 2.75) is 129 Å². The largest absolute Gasteiger partial charge is 0.390 e. The van der Waals surface area contributed by atoms with E-state index in [0.717, 1.165) is 12.8 Å². The molecule has 3 nitrogen and oxygen atoms in total. The summed E-state index contributed by atoms with van der Waals surface area (Å²) in [6, 6.07) is 0. The highest BCUT2D eigenvalue weighted by Crippen LogP contribution is 2.26. The van der Waals surface area contributed by atoms with Crippen molar-refractivity contribution in [1.82, 2.24) is 0 Å². The van der Waals surface area contributed by atoms with Crippen LogP contribution in [-0.2, 0) is 9.47 Å². The molecule has 0 aromatic carbocycles. The molecule has 0 aliphatic carbocycles. The number of aliphatic hydroxyl groups excluding tert-OH is 1. The van der Waals surface area contributed by atoms with Crippen molar-refractivity contribution in [2.24, 2.45) is 0 Å². The molecule has 1 aliphatic heterocycles. The van der Waals surface area contributed by atoms with Crippen LogP contribution in [0.25, 0.3) is 0 Å². The van der Waals surface area contributed by atoms with Crippen molar-refractivity contribution in [3.05, 3.63) is 0 Å². The van der Waals surface area contributed by atoms with Gasteiger partial charge >= 0.3 is 0 Å². The van der Waals surface area contributed by atoms with Crippen LogP contribution in [0.15, 0.2) is 0 Å². The predicted molar refractivity (Wildman–Crippen MR) is 101 cm³/mol. The van der Waals surface area contributed by atoms with Gasteiger partial charge in [-0.3, -0.25) is 0 Å². The molecule has 0 amide bonds. The number of hydrogen-bond donors (Lipinski definition) is 1. The summed E-state index contributed by atoms with van der Waals surface area (Å²) in [5, 5.41) is 10.2. The summed E-state index contributed by atoms with van der Waals surface area (Å²) in [7, 11) is 0. The zero-order valence-electron chi connectivity index (χ0n) is 16.5. The molecule has 0 spiro atoms. The van der Waals surface area contributed by atoms with E-state index in [9.17, 15) is 5.11 Å². The molecule has 1 saturated heterocycles. The molecule has 24 heavy (non-hydrogen) atoms. The molecular formula is C21H42O3. The molecule has 0 radical (unpaired) electrons. The van der Waals surface area contributed by atoms with E-state index >= 15 is 0 Å². The van der Waals surface area contributed by atoms with Gasteiger partial charge in [-0.1, -0.05) is 90.4 Å². The number of hydrogen-bond acceptors (Lipinski definition) is 3. The lowest BCUT2D eigenvalue weighted by Crippen LogP contribution is -2.30. The predicted octanol–water partition coefficient (Wildman–Crippen LogP) is 5.98. The standard InChI is InChI=1S/C21H42O3/c1-4-5-6-7-8-9-10-11-12-13-14-15-16-17-19(22)20-18-23-21(2,3)24-20/h19-20,22H,4-18H2,1-3H3/t19-,20-/m1/s1. The van der Waals surface area contributed by atoms with Crippen LogP contribution in [0.5, 0.6) is 0 Å². The van der Waals surface area contributed by atoms with Crippen molar-refractivity contribution in [3.8, 4) is 0 Å². The molecule has 3 heteroatoms. The molecule has 1 aliphatic rings. The van der Waals surface area contributed by atoms with Crippen molar-refractivity contribution in [3.63, 3.8) is 0 Å². The van der Waals surface area contributed by atoms with Gasteiger partial charge in [0.2, 0.25) is 0 Å². The maximum absolute atomic E-state index is 10.2. The third-order valence-electron chi connectivity index (χ3n) is 5.06. The Morgan fingerprint density at radius 1 is 0.833 bits per heavy atom. The number of ether oxygens (including phenoxy) is 2. The second kappa shape index (κ2) is 13.1. The molecule has 0 aromatic heterocycles. The molecule has 1 fully saturated rings. The topological polar surface area (TPSA) is 38.7 Å². The van der Waals surface area contributed by atoms with Crippen molar-refractivity contribution < 1.29 is 14.6 Å². The summed E-state index contributed by atoms with van der Waals surface area (Å²) in [4.78, 5) is 0. The molecule has 1 rings (SSSR count). The van der Waals surface area contributed by atoms with Gasteiger partial charge in [0.25, 0.3) is 0 Å². The Morgan fingerprint density at radius 2 is 1.29 bits per heavy atom. The summed E-state index contributed by atoms with van der Waals surface area (Å²) in [5.74, 6) is -0.526. The minimum Gasteiger partial charge on any atom is -0.390 e. The molecule has 1 heterocycles. The fourth-order valence-electron chi connectivity index (χ4n) is 3.46. The van der Waals surface area contributed by atoms with E-state index in [1.807, 2.05) is 13.8 Å². The Morgan fingerprint density at radius 3 is 1.71 bits per heavy atom. The van der Waals surface area contributed by atoms with Crippen molar-refractivity contribution in [1.29, 1.82) is 0 Å². The average molecular weight is 343 g/mol. The second-order valence-corrected chi connectivity index (χ2v) is 7.97. The van der Waals surface area contributed by atoms with Crippen LogP contribution in [0, 0.1) is 0 Å². The normalized spacial score (nSPS) is 21.2. The Balaban J connectivity index is 1.81. The zero-order chi connectivity index (χ0) is 17.7. The van der Waals surface area contributed by atoms with Gasteiger partial charge < -0.3 is 14.6 Å². The monoisotopic (exact) mass is 342 g/mol. The van der Waals surface area contributed by atoms with E-state index in [0.29, 0.717) is 6.61 Å². The van der Waals surface area contributed by atoms with Crippen LogP contribution in [-0.4, -0.2) is 29.7 Å². The van der Waals surface area contributed by atoms with Crippen molar-refractivity contribution >= 4 is 0 Å². The van der Waals surface area contributed by atoms with Gasteiger partial charge in [0.05, 0.1) is 12.7 Å². The lowest BCUT2D eigenvalue weighted by molar-refractivity contribution is -0.151. The molecule has 0 aromatic rings. The fraction of sp³-hybridized carbons (Fsp3) is 1.00. The molecule has 1 N–H and O–H groups in total. The molecule has 2 atom stereocenters. The van der Waals surface area contributed by atoms with E-state index in [1.54, 1.807) is 0 Å². The molecule has 0 saturated carbocycles. The quantitative estimate of drug-likeness (QED) is 0.372. The van der Waals surface area contributed by atoms with Gasteiger partial charge in [-0.25, -0.2) is 0 Å². The Hall–Kier alpha value is -0.120. The highest BCUT2D eigenvalue weighted by atomic mass is 16.7. The molecule has 0 unspecified atom stereocenters. The summed E-state index contributed by atoms with van der Waals surface area (Å²) in [6.45, 7) is 6.61. The first-order valence-electron chi connectivity index (χ1n) is 10.5. The summed E-state index contributed by atoms with van der Waals surface area (Å²) in [5.41, 5.74) is 0. The number of aliphatic hydroxyl groups is 1. The van der Waals surface area contributed by atoms with Gasteiger partial charge in [-0.15, -0.1) is 0 Å². The third-order valence-corrected chi connectivity index (χ3v) is 5.06. The Bertz CT molecular complexity index is 291. The third kappa shape index (κ3) is 10.7. The minimum absolute atomic E-state index is 0.141. The molecule has 0 bridgehead atoms. The van der Waals surface area contributed by atoms with E-state index in [4.69, 9.17) is 9.47 Å². The van der Waals surface area contributed by atoms with Crippen LogP contribution in [0.2, 0.25) is 0 Å². The Kier molecular flexibility index (Phi) is 12.0. The van der Waals surface area contributed by atoms with E-state index in [-0.39, 0.29) is 12.2 Å². The first kappa shape index (κ1) is 21.9. The van der Waals surface area contributed by atoms with Crippen LogP contribution in [0.4, 0.5) is 0 Å². The van der Waals surface area contributed by atoms with Gasteiger partial charge in [0, 0.05) is 0 Å². The van der Waals surface area contributed by atoms with Crippen LogP contribution < -0.4 is 0 Å². The summed E-state index contributed by atoms with van der Waals surface area (Å²) < 4.78 is 11.2. The second-order valence-electron chi connectivity index (χ2n) is 7.97. The lowest BCUT2D eigenvalue weighted by Gasteiger charge is -2.20. The van der Waals surface area contributed by atoms with E-state index in [1.165, 1.54) is 77.0 Å². The summed E-state index contributed by atoms with van der Waals surface area (Å²) >= 11 is 0. The summed E-state index contributed by atoms with van der Waals surface area (Å²) in [6.07, 6.45) is 18.0. The van der Waals surface area contributed by atoms with Gasteiger partial charge in [-0.05, 0) is 20.3 Å². The van der Waals surface area contributed by atoms with Crippen molar-refractivity contribution in [2.75, 3.05) is 6.61 Å². The SMILES string of the molecule is CCCCCCCCCCCCCCC[C@@H](O)[C@H]1COC(C)(C)O1. The number of unbranched alkanes of at least 4 members (excludes halogenated alkanes) is 12. The number of rotatable bonds is 15. The van der Waals surface area contributed by atoms with Crippen LogP contribution in [0.3, 0.4) is 0 Å².